The SMILES string of the molecule is Cc1cccc(N2CCN(CCNC(=O)NC[C@@H](C)O)CC2)c1C. The van der Waals surface area contributed by atoms with Gasteiger partial charge in [-0.05, 0) is 38.0 Å². The largest absolute Gasteiger partial charge is 0.392 e. The minimum atomic E-state index is -0.520. The number of benzene rings is 1. The molecule has 0 saturated carbocycles. The molecule has 2 rings (SSSR count). The number of urea groups is 1. The zero-order chi connectivity index (χ0) is 17.5. The highest BCUT2D eigenvalue weighted by atomic mass is 16.3. The number of hydrogen-bond donors (Lipinski definition) is 3. The van der Waals surface area contributed by atoms with Crippen LogP contribution in [0.4, 0.5) is 10.5 Å². The van der Waals surface area contributed by atoms with Crippen LogP contribution in [0, 0.1) is 13.8 Å². The van der Waals surface area contributed by atoms with Crippen molar-refractivity contribution in [3.63, 3.8) is 0 Å². The standard InChI is InChI=1S/C18H30N4O2/c1-14-5-4-6-17(16(14)3)22-11-9-21(10-12-22)8-7-19-18(24)20-13-15(2)23/h4-6,15,23H,7-13H2,1-3H3,(H2,19,20,24)/t15-/m1/s1. The second-order valence-corrected chi connectivity index (χ2v) is 6.53. The quantitative estimate of drug-likeness (QED) is 0.729. The van der Waals surface area contributed by atoms with Gasteiger partial charge in [0, 0.05) is 51.5 Å². The van der Waals surface area contributed by atoms with E-state index in [0.29, 0.717) is 6.54 Å². The highest BCUT2D eigenvalue weighted by molar-refractivity contribution is 5.73. The third kappa shape index (κ3) is 5.39. The van der Waals surface area contributed by atoms with Crippen molar-refractivity contribution < 1.29 is 9.90 Å². The fraction of sp³-hybridized carbons (Fsp3) is 0.611. The van der Waals surface area contributed by atoms with Crippen LogP contribution in [0.1, 0.15) is 18.1 Å². The summed E-state index contributed by atoms with van der Waals surface area (Å²) in [6.07, 6.45) is -0.520. The summed E-state index contributed by atoms with van der Waals surface area (Å²) in [5.74, 6) is 0. The van der Waals surface area contributed by atoms with E-state index in [1.807, 2.05) is 0 Å². The van der Waals surface area contributed by atoms with Gasteiger partial charge in [0.15, 0.2) is 0 Å². The molecule has 0 spiro atoms. The highest BCUT2D eigenvalue weighted by Gasteiger charge is 2.18. The third-order valence-corrected chi connectivity index (χ3v) is 4.56. The van der Waals surface area contributed by atoms with E-state index in [0.717, 1.165) is 32.7 Å². The highest BCUT2D eigenvalue weighted by Crippen LogP contribution is 2.23. The predicted octanol–water partition coefficient (Wildman–Crippen LogP) is 1.11. The molecule has 1 fully saturated rings. The number of rotatable bonds is 6. The van der Waals surface area contributed by atoms with Gasteiger partial charge in [0.25, 0.3) is 0 Å². The predicted molar refractivity (Wildman–Crippen MR) is 97.7 cm³/mol. The molecule has 0 unspecified atom stereocenters. The molecule has 134 valence electrons. The summed E-state index contributed by atoms with van der Waals surface area (Å²) < 4.78 is 0. The first-order valence-electron chi connectivity index (χ1n) is 8.70. The Morgan fingerprint density at radius 2 is 1.92 bits per heavy atom. The lowest BCUT2D eigenvalue weighted by atomic mass is 10.1. The summed E-state index contributed by atoms with van der Waals surface area (Å²) >= 11 is 0. The zero-order valence-corrected chi connectivity index (χ0v) is 15.0. The van der Waals surface area contributed by atoms with Gasteiger partial charge >= 0.3 is 6.03 Å². The summed E-state index contributed by atoms with van der Waals surface area (Å²) in [5, 5.41) is 14.6. The van der Waals surface area contributed by atoms with Crippen LogP contribution in [0.5, 0.6) is 0 Å². The molecular formula is C18H30N4O2. The van der Waals surface area contributed by atoms with Gasteiger partial charge in [-0.15, -0.1) is 0 Å². The van der Waals surface area contributed by atoms with E-state index in [1.54, 1.807) is 6.92 Å². The molecule has 0 bridgehead atoms. The Balaban J connectivity index is 1.69. The van der Waals surface area contributed by atoms with Gasteiger partial charge in [0.2, 0.25) is 0 Å². The van der Waals surface area contributed by atoms with Crippen molar-refractivity contribution in [3.8, 4) is 0 Å². The first kappa shape index (κ1) is 18.5. The Labute approximate surface area is 144 Å². The third-order valence-electron chi connectivity index (χ3n) is 4.56. The van der Waals surface area contributed by atoms with Gasteiger partial charge < -0.3 is 20.6 Å². The molecule has 2 amide bonds. The maximum atomic E-state index is 11.5. The molecule has 6 heteroatoms. The second-order valence-electron chi connectivity index (χ2n) is 6.53. The molecule has 0 aliphatic carbocycles. The van der Waals surface area contributed by atoms with E-state index in [9.17, 15) is 4.79 Å². The number of aliphatic hydroxyl groups excluding tert-OH is 1. The number of amides is 2. The molecule has 6 nitrogen and oxygen atoms in total. The van der Waals surface area contributed by atoms with Crippen molar-refractivity contribution >= 4 is 11.7 Å². The van der Waals surface area contributed by atoms with Crippen LogP contribution in [-0.4, -0.2) is 68.0 Å². The lowest BCUT2D eigenvalue weighted by Crippen LogP contribution is -2.49. The smallest absolute Gasteiger partial charge is 0.314 e. The molecule has 3 N–H and O–H groups in total. The van der Waals surface area contributed by atoms with Crippen LogP contribution in [-0.2, 0) is 0 Å². The Bertz CT molecular complexity index is 540. The van der Waals surface area contributed by atoms with Gasteiger partial charge in [-0.2, -0.15) is 0 Å². The van der Waals surface area contributed by atoms with Crippen molar-refractivity contribution in [3.05, 3.63) is 29.3 Å². The fourth-order valence-electron chi connectivity index (χ4n) is 2.92. The Morgan fingerprint density at radius 1 is 1.21 bits per heavy atom. The molecule has 1 atom stereocenters. The number of hydrogen-bond acceptors (Lipinski definition) is 4. The Kier molecular flexibility index (Phi) is 6.87. The average Bonchev–Trinajstić information content (AvgIpc) is 2.56. The van der Waals surface area contributed by atoms with Gasteiger partial charge in [0.05, 0.1) is 6.10 Å². The van der Waals surface area contributed by atoms with Crippen molar-refractivity contribution in [1.82, 2.24) is 15.5 Å². The van der Waals surface area contributed by atoms with E-state index in [1.165, 1.54) is 16.8 Å². The van der Waals surface area contributed by atoms with Crippen LogP contribution in [0.25, 0.3) is 0 Å². The van der Waals surface area contributed by atoms with Crippen molar-refractivity contribution in [2.24, 2.45) is 0 Å². The number of nitrogens with zero attached hydrogens (tertiary/aromatic N) is 2. The number of aryl methyl sites for hydroxylation is 1. The van der Waals surface area contributed by atoms with E-state index in [2.05, 4.69) is 52.5 Å². The second kappa shape index (κ2) is 8.89. The Hall–Kier alpha value is -1.79. The summed E-state index contributed by atoms with van der Waals surface area (Å²) in [5.41, 5.74) is 4.04. The molecule has 0 aromatic heterocycles. The lowest BCUT2D eigenvalue weighted by Gasteiger charge is -2.37. The lowest BCUT2D eigenvalue weighted by molar-refractivity contribution is 0.187. The number of carbonyl (C=O) groups excluding carboxylic acids is 1. The van der Waals surface area contributed by atoms with Crippen LogP contribution >= 0.6 is 0 Å². The molecule has 1 saturated heterocycles. The monoisotopic (exact) mass is 334 g/mol. The molecule has 1 aromatic carbocycles. The van der Waals surface area contributed by atoms with Crippen molar-refractivity contribution in [2.75, 3.05) is 50.7 Å². The van der Waals surface area contributed by atoms with Gasteiger partial charge in [-0.1, -0.05) is 12.1 Å². The summed E-state index contributed by atoms with van der Waals surface area (Å²) in [7, 11) is 0. The number of piperazine rings is 1. The van der Waals surface area contributed by atoms with Gasteiger partial charge in [-0.25, -0.2) is 4.79 Å². The maximum Gasteiger partial charge on any atom is 0.314 e. The van der Waals surface area contributed by atoms with E-state index in [-0.39, 0.29) is 12.6 Å². The number of anilines is 1. The van der Waals surface area contributed by atoms with Crippen LogP contribution in [0.3, 0.4) is 0 Å². The summed E-state index contributed by atoms with van der Waals surface area (Å²) in [6, 6.07) is 6.26. The molecule has 1 aliphatic rings. The summed E-state index contributed by atoms with van der Waals surface area (Å²) in [4.78, 5) is 16.4. The van der Waals surface area contributed by atoms with Crippen LogP contribution < -0.4 is 15.5 Å². The summed E-state index contributed by atoms with van der Waals surface area (Å²) in [6.45, 7) is 11.8. The zero-order valence-electron chi connectivity index (χ0n) is 15.0. The average molecular weight is 334 g/mol. The molecule has 1 aromatic rings. The number of nitrogens with one attached hydrogen (secondary N) is 2. The molecule has 24 heavy (non-hydrogen) atoms. The molecule has 1 aliphatic heterocycles. The minimum absolute atomic E-state index is 0.218. The van der Waals surface area contributed by atoms with Crippen LogP contribution in [0.15, 0.2) is 18.2 Å². The van der Waals surface area contributed by atoms with E-state index >= 15 is 0 Å². The number of aliphatic hydroxyl groups is 1. The molecule has 1 heterocycles. The minimum Gasteiger partial charge on any atom is -0.392 e. The first-order valence-corrected chi connectivity index (χ1v) is 8.70. The van der Waals surface area contributed by atoms with Gasteiger partial charge in [-0.3, -0.25) is 4.90 Å². The van der Waals surface area contributed by atoms with Crippen LogP contribution in [0.2, 0.25) is 0 Å². The molecule has 0 radical (unpaired) electrons. The van der Waals surface area contributed by atoms with E-state index < -0.39 is 6.10 Å². The first-order chi connectivity index (χ1) is 11.5. The fourth-order valence-corrected chi connectivity index (χ4v) is 2.92. The Morgan fingerprint density at radius 3 is 2.58 bits per heavy atom. The van der Waals surface area contributed by atoms with E-state index in [4.69, 9.17) is 5.11 Å². The topological polar surface area (TPSA) is 67.8 Å². The number of carbonyl (C=O) groups is 1. The van der Waals surface area contributed by atoms with Crippen molar-refractivity contribution in [2.45, 2.75) is 26.9 Å². The van der Waals surface area contributed by atoms with Gasteiger partial charge in [0.1, 0.15) is 0 Å². The maximum absolute atomic E-state index is 11.5. The normalized spacial score (nSPS) is 16.8. The molecular weight excluding hydrogens is 304 g/mol. The van der Waals surface area contributed by atoms with Crippen molar-refractivity contribution in [1.29, 1.82) is 0 Å².